The van der Waals surface area contributed by atoms with E-state index in [2.05, 4.69) is 17.3 Å². The topological polar surface area (TPSA) is 58.7 Å². The van der Waals surface area contributed by atoms with E-state index >= 15 is 0 Å². The van der Waals surface area contributed by atoms with Gasteiger partial charge >= 0.3 is 0 Å². The van der Waals surface area contributed by atoms with Crippen molar-refractivity contribution in [2.45, 2.75) is 37.0 Å². The van der Waals surface area contributed by atoms with Gasteiger partial charge in [-0.05, 0) is 55.0 Å². The molecule has 136 valence electrons. The van der Waals surface area contributed by atoms with Crippen molar-refractivity contribution in [3.05, 3.63) is 58.7 Å². The summed E-state index contributed by atoms with van der Waals surface area (Å²) in [7, 11) is 0. The van der Waals surface area contributed by atoms with Crippen molar-refractivity contribution in [2.75, 3.05) is 6.54 Å². The summed E-state index contributed by atoms with van der Waals surface area (Å²) in [5.74, 6) is -1.26. The van der Waals surface area contributed by atoms with Gasteiger partial charge in [-0.3, -0.25) is 4.79 Å². The molecule has 4 rings (SSSR count). The van der Waals surface area contributed by atoms with Gasteiger partial charge in [0.25, 0.3) is 0 Å². The number of allylic oxidation sites excluding steroid dienone is 3. The number of carbonyl (C=O) groups is 1. The first-order valence-electron chi connectivity index (χ1n) is 8.70. The monoisotopic (exact) mass is 375 g/mol. The predicted octanol–water partition coefficient (Wildman–Crippen LogP) is 3.69. The molecule has 1 spiro atoms. The molecule has 1 aliphatic heterocycles. The summed E-state index contributed by atoms with van der Waals surface area (Å²) >= 11 is 1.36. The molecule has 0 saturated heterocycles. The Labute approximate surface area is 154 Å². The predicted molar refractivity (Wildman–Crippen MR) is 98.4 cm³/mol. The van der Waals surface area contributed by atoms with Crippen LogP contribution in [0.15, 0.2) is 46.6 Å². The van der Waals surface area contributed by atoms with E-state index in [4.69, 9.17) is 5.73 Å². The largest absolute Gasteiger partial charge is 0.330 e. The molecule has 2 aliphatic carbocycles. The minimum absolute atomic E-state index is 0.0952. The maximum absolute atomic E-state index is 14.3. The number of nitrogens with two attached hydrogens (primary N) is 1. The van der Waals surface area contributed by atoms with Crippen LogP contribution in [-0.4, -0.2) is 27.4 Å². The second-order valence-corrected chi connectivity index (χ2v) is 7.87. The third kappa shape index (κ3) is 2.70. The lowest BCUT2D eigenvalue weighted by molar-refractivity contribution is -0.133. The number of fused-ring (bicyclic) bond motifs is 1. The standard InChI is InChI=1S/C19H19F2N3OS/c20-13-5-6-16(21)14(11-13)18-23-24(17(25)8-10-22)19(26-18)9-7-12-3-1-2-4-15(12)19/h1,3,5-6,11H,2,4,7-10,22H2. The summed E-state index contributed by atoms with van der Waals surface area (Å²) in [6, 6.07) is 3.30. The lowest BCUT2D eigenvalue weighted by Gasteiger charge is -2.35. The fourth-order valence-corrected chi connectivity index (χ4v) is 5.35. The van der Waals surface area contributed by atoms with Gasteiger partial charge in [-0.1, -0.05) is 23.9 Å². The van der Waals surface area contributed by atoms with Crippen LogP contribution in [0.25, 0.3) is 0 Å². The van der Waals surface area contributed by atoms with E-state index in [1.807, 2.05) is 0 Å². The lowest BCUT2D eigenvalue weighted by atomic mass is 9.97. The number of amides is 1. The Kier molecular flexibility index (Phi) is 4.44. The Bertz CT molecular complexity index is 864. The molecule has 3 aliphatic rings. The van der Waals surface area contributed by atoms with E-state index in [0.29, 0.717) is 11.5 Å². The molecule has 1 aromatic rings. The van der Waals surface area contributed by atoms with Gasteiger partial charge in [0.15, 0.2) is 0 Å². The van der Waals surface area contributed by atoms with Crippen LogP contribution in [0.2, 0.25) is 0 Å². The molecule has 1 aromatic carbocycles. The van der Waals surface area contributed by atoms with E-state index < -0.39 is 16.5 Å². The normalized spacial score (nSPS) is 24.4. The number of benzene rings is 1. The highest BCUT2D eigenvalue weighted by molar-refractivity contribution is 8.16. The fourth-order valence-electron chi connectivity index (χ4n) is 3.85. The Morgan fingerprint density at radius 1 is 1.35 bits per heavy atom. The SMILES string of the molecule is NCCC(=O)N1N=C(c2cc(F)ccc2F)SC12CCC1=C2CCC=C1. The molecule has 0 bridgehead atoms. The smallest absolute Gasteiger partial charge is 0.245 e. The van der Waals surface area contributed by atoms with Crippen molar-refractivity contribution in [3.63, 3.8) is 0 Å². The summed E-state index contributed by atoms with van der Waals surface area (Å²) in [6.45, 7) is 0.223. The third-order valence-electron chi connectivity index (χ3n) is 5.02. The zero-order valence-corrected chi connectivity index (χ0v) is 15.0. The van der Waals surface area contributed by atoms with E-state index in [1.54, 1.807) is 0 Å². The average molecular weight is 375 g/mol. The Morgan fingerprint density at radius 2 is 2.19 bits per heavy atom. The number of thioether (sulfide) groups is 1. The van der Waals surface area contributed by atoms with E-state index in [-0.39, 0.29) is 24.4 Å². The second-order valence-electron chi connectivity index (χ2n) is 6.60. The van der Waals surface area contributed by atoms with Gasteiger partial charge in [-0.2, -0.15) is 5.10 Å². The Balaban J connectivity index is 1.79. The molecule has 0 saturated carbocycles. The molecular formula is C19H19F2N3OS. The minimum Gasteiger partial charge on any atom is -0.330 e. The van der Waals surface area contributed by atoms with E-state index in [9.17, 15) is 13.6 Å². The quantitative estimate of drug-likeness (QED) is 0.877. The fraction of sp³-hybridized carbons (Fsp3) is 0.368. The summed E-state index contributed by atoms with van der Waals surface area (Å²) in [6.07, 6.45) is 7.73. The number of hydrazone groups is 1. The first-order valence-corrected chi connectivity index (χ1v) is 9.52. The van der Waals surface area contributed by atoms with Gasteiger partial charge in [-0.25, -0.2) is 13.8 Å². The molecule has 1 heterocycles. The molecular weight excluding hydrogens is 356 g/mol. The van der Waals surface area contributed by atoms with Crippen molar-refractivity contribution in [2.24, 2.45) is 10.8 Å². The van der Waals surface area contributed by atoms with Gasteiger partial charge in [-0.15, -0.1) is 0 Å². The molecule has 1 unspecified atom stereocenters. The lowest BCUT2D eigenvalue weighted by Crippen LogP contribution is -2.44. The molecule has 7 heteroatoms. The number of nitrogens with zero attached hydrogens (tertiary/aromatic N) is 2. The molecule has 4 nitrogen and oxygen atoms in total. The maximum atomic E-state index is 14.3. The van der Waals surface area contributed by atoms with Gasteiger partial charge in [0, 0.05) is 18.5 Å². The highest BCUT2D eigenvalue weighted by atomic mass is 32.2. The maximum Gasteiger partial charge on any atom is 0.245 e. The van der Waals surface area contributed by atoms with Crippen LogP contribution in [-0.2, 0) is 4.79 Å². The molecule has 0 radical (unpaired) electrons. The van der Waals surface area contributed by atoms with Gasteiger partial charge in [0.2, 0.25) is 5.91 Å². The van der Waals surface area contributed by atoms with Crippen LogP contribution in [0.5, 0.6) is 0 Å². The number of rotatable bonds is 3. The van der Waals surface area contributed by atoms with E-state index in [1.165, 1.54) is 27.9 Å². The van der Waals surface area contributed by atoms with Crippen molar-refractivity contribution in [1.82, 2.24) is 5.01 Å². The van der Waals surface area contributed by atoms with Crippen molar-refractivity contribution < 1.29 is 13.6 Å². The summed E-state index contributed by atoms with van der Waals surface area (Å²) in [4.78, 5) is 12.1. The average Bonchev–Trinajstić information content (AvgIpc) is 3.20. The van der Waals surface area contributed by atoms with Crippen LogP contribution in [0.3, 0.4) is 0 Å². The Morgan fingerprint density at radius 3 is 3.00 bits per heavy atom. The number of carbonyl (C=O) groups excluding carboxylic acids is 1. The van der Waals surface area contributed by atoms with Crippen LogP contribution in [0, 0.1) is 11.6 Å². The van der Waals surface area contributed by atoms with Crippen LogP contribution < -0.4 is 5.73 Å². The number of hydrogen-bond donors (Lipinski definition) is 1. The Hall–Kier alpha value is -1.99. The first kappa shape index (κ1) is 17.4. The van der Waals surface area contributed by atoms with Crippen LogP contribution >= 0.6 is 11.8 Å². The van der Waals surface area contributed by atoms with Crippen molar-refractivity contribution in [3.8, 4) is 0 Å². The zero-order valence-electron chi connectivity index (χ0n) is 14.2. The molecule has 1 amide bonds. The molecule has 26 heavy (non-hydrogen) atoms. The van der Waals surface area contributed by atoms with Crippen LogP contribution in [0.1, 0.15) is 37.7 Å². The van der Waals surface area contributed by atoms with Crippen molar-refractivity contribution >= 4 is 22.7 Å². The second kappa shape index (κ2) is 6.63. The van der Waals surface area contributed by atoms with Gasteiger partial charge in [0.1, 0.15) is 21.5 Å². The van der Waals surface area contributed by atoms with Crippen molar-refractivity contribution in [1.29, 1.82) is 0 Å². The number of halogens is 2. The highest BCUT2D eigenvalue weighted by Crippen LogP contribution is 2.55. The summed E-state index contributed by atoms with van der Waals surface area (Å²) < 4.78 is 28.0. The highest BCUT2D eigenvalue weighted by Gasteiger charge is 2.53. The van der Waals surface area contributed by atoms with Crippen LogP contribution in [0.4, 0.5) is 8.78 Å². The van der Waals surface area contributed by atoms with E-state index in [0.717, 1.165) is 37.5 Å². The molecule has 1 atom stereocenters. The summed E-state index contributed by atoms with van der Waals surface area (Å²) in [5, 5.41) is 6.27. The summed E-state index contributed by atoms with van der Waals surface area (Å²) in [5.41, 5.74) is 8.06. The zero-order chi connectivity index (χ0) is 18.3. The first-order chi connectivity index (χ1) is 12.5. The number of hydrogen-bond acceptors (Lipinski definition) is 4. The van der Waals surface area contributed by atoms with Gasteiger partial charge < -0.3 is 5.73 Å². The molecule has 0 aromatic heterocycles. The minimum atomic E-state index is -0.638. The molecule has 2 N–H and O–H groups in total. The van der Waals surface area contributed by atoms with Gasteiger partial charge in [0.05, 0.1) is 0 Å². The third-order valence-corrected chi connectivity index (χ3v) is 6.48. The molecule has 0 fully saturated rings.